The summed E-state index contributed by atoms with van der Waals surface area (Å²) in [4.78, 5) is 4.77. The third-order valence-corrected chi connectivity index (χ3v) is 5.43. The maximum absolute atomic E-state index is 5.31. The van der Waals surface area contributed by atoms with Crippen molar-refractivity contribution in [3.8, 4) is 22.9 Å². The Bertz CT molecular complexity index is 1220. The van der Waals surface area contributed by atoms with E-state index in [1.165, 1.54) is 11.8 Å². The Morgan fingerprint density at radius 1 is 0.893 bits per heavy atom. The Morgan fingerprint density at radius 2 is 1.68 bits per heavy atom. The van der Waals surface area contributed by atoms with Crippen molar-refractivity contribution < 1.29 is 9.47 Å². The standard InChI is InChI=1S/C20H15N5O2S/c1-26-15-5-3-12(4-6-15)18-23-24-20-25(18)21-11-14-9-13-10-16(27-2)7-8-17(13)22-19(14)28-20/h3-11H,1-2H3. The molecule has 1 aliphatic rings. The lowest BCUT2D eigenvalue weighted by atomic mass is 10.1. The molecule has 28 heavy (non-hydrogen) atoms. The van der Waals surface area contributed by atoms with Gasteiger partial charge in [0, 0.05) is 16.5 Å². The van der Waals surface area contributed by atoms with Crippen molar-refractivity contribution in [1.82, 2.24) is 19.9 Å². The van der Waals surface area contributed by atoms with E-state index in [0.717, 1.165) is 38.6 Å². The fourth-order valence-electron chi connectivity index (χ4n) is 3.01. The van der Waals surface area contributed by atoms with Crippen LogP contribution in [0.3, 0.4) is 0 Å². The lowest BCUT2D eigenvalue weighted by molar-refractivity contribution is 0.415. The van der Waals surface area contributed by atoms with E-state index in [-0.39, 0.29) is 0 Å². The van der Waals surface area contributed by atoms with E-state index in [1.54, 1.807) is 25.1 Å². The van der Waals surface area contributed by atoms with Crippen LogP contribution in [0.5, 0.6) is 11.5 Å². The molecule has 0 saturated heterocycles. The van der Waals surface area contributed by atoms with Gasteiger partial charge in [0.05, 0.1) is 26.0 Å². The van der Waals surface area contributed by atoms with Crippen LogP contribution < -0.4 is 9.47 Å². The van der Waals surface area contributed by atoms with Gasteiger partial charge in [-0.1, -0.05) is 0 Å². The molecule has 0 atom stereocenters. The number of hydrogen-bond acceptors (Lipinski definition) is 7. The van der Waals surface area contributed by atoms with E-state index in [4.69, 9.17) is 14.5 Å². The third-order valence-electron chi connectivity index (χ3n) is 4.48. The summed E-state index contributed by atoms with van der Waals surface area (Å²) in [7, 11) is 3.30. The summed E-state index contributed by atoms with van der Waals surface area (Å²) in [6, 6.07) is 15.5. The maximum Gasteiger partial charge on any atom is 0.218 e. The number of pyridine rings is 1. The highest BCUT2D eigenvalue weighted by Gasteiger charge is 2.20. The van der Waals surface area contributed by atoms with E-state index in [0.29, 0.717) is 11.0 Å². The predicted octanol–water partition coefficient (Wildman–Crippen LogP) is 3.86. The Kier molecular flexibility index (Phi) is 3.98. The summed E-state index contributed by atoms with van der Waals surface area (Å²) in [6.45, 7) is 0. The molecular formula is C20H15N5O2S. The summed E-state index contributed by atoms with van der Waals surface area (Å²) in [6.07, 6.45) is 1.79. The highest BCUT2D eigenvalue weighted by molar-refractivity contribution is 7.99. The molecule has 0 unspecified atom stereocenters. The van der Waals surface area contributed by atoms with Crippen molar-refractivity contribution in [2.75, 3.05) is 14.2 Å². The van der Waals surface area contributed by atoms with Crippen molar-refractivity contribution in [2.45, 2.75) is 10.2 Å². The Balaban J connectivity index is 1.58. The second-order valence-corrected chi connectivity index (χ2v) is 7.09. The number of aromatic nitrogens is 4. The van der Waals surface area contributed by atoms with Crippen LogP contribution in [0.1, 0.15) is 5.56 Å². The summed E-state index contributed by atoms with van der Waals surface area (Å²) in [5.74, 6) is 2.25. The first-order chi connectivity index (χ1) is 13.7. The van der Waals surface area contributed by atoms with Gasteiger partial charge in [-0.2, -0.15) is 9.78 Å². The molecule has 0 amide bonds. The smallest absolute Gasteiger partial charge is 0.218 e. The van der Waals surface area contributed by atoms with Gasteiger partial charge in [-0.05, 0) is 60.3 Å². The molecule has 0 fully saturated rings. The molecule has 2 aromatic heterocycles. The first-order valence-corrected chi connectivity index (χ1v) is 9.37. The molecule has 0 radical (unpaired) electrons. The van der Waals surface area contributed by atoms with Crippen LogP contribution in [0.15, 0.2) is 63.8 Å². The van der Waals surface area contributed by atoms with Crippen LogP contribution in [-0.4, -0.2) is 40.3 Å². The molecule has 0 N–H and O–H groups in total. The average Bonchev–Trinajstić information content (AvgIpc) is 3.05. The van der Waals surface area contributed by atoms with Gasteiger partial charge in [-0.15, -0.1) is 10.2 Å². The largest absolute Gasteiger partial charge is 0.497 e. The molecule has 1 aliphatic heterocycles. The van der Waals surface area contributed by atoms with Crippen LogP contribution in [0.25, 0.3) is 22.3 Å². The van der Waals surface area contributed by atoms with Crippen LogP contribution in [0.2, 0.25) is 0 Å². The van der Waals surface area contributed by atoms with Gasteiger partial charge in [0.2, 0.25) is 5.16 Å². The van der Waals surface area contributed by atoms with Crippen LogP contribution >= 0.6 is 11.8 Å². The van der Waals surface area contributed by atoms with E-state index in [9.17, 15) is 0 Å². The second-order valence-electron chi connectivity index (χ2n) is 6.13. The first kappa shape index (κ1) is 16.8. The second kappa shape index (κ2) is 6.65. The Hall–Kier alpha value is -3.39. The zero-order chi connectivity index (χ0) is 19.1. The minimum absolute atomic E-state index is 0.667. The number of hydrogen-bond donors (Lipinski definition) is 0. The third kappa shape index (κ3) is 2.78. The van der Waals surface area contributed by atoms with E-state index in [2.05, 4.69) is 21.4 Å². The number of methoxy groups -OCH3 is 2. The molecule has 4 aromatic rings. The fraction of sp³-hybridized carbons (Fsp3) is 0.100. The first-order valence-electron chi connectivity index (χ1n) is 8.56. The molecule has 138 valence electrons. The zero-order valence-corrected chi connectivity index (χ0v) is 16.0. The van der Waals surface area contributed by atoms with Gasteiger partial charge < -0.3 is 9.47 Å². The van der Waals surface area contributed by atoms with Crippen LogP contribution in [0.4, 0.5) is 0 Å². The zero-order valence-electron chi connectivity index (χ0n) is 15.2. The fourth-order valence-corrected chi connectivity index (χ4v) is 3.86. The quantitative estimate of drug-likeness (QED) is 0.466. The molecule has 7 nitrogen and oxygen atoms in total. The molecule has 2 aromatic carbocycles. The monoisotopic (exact) mass is 389 g/mol. The summed E-state index contributed by atoms with van der Waals surface area (Å²) in [5, 5.41) is 15.7. The molecule has 0 aliphatic carbocycles. The van der Waals surface area contributed by atoms with Crippen molar-refractivity contribution in [2.24, 2.45) is 5.10 Å². The average molecular weight is 389 g/mol. The summed E-state index contributed by atoms with van der Waals surface area (Å²) < 4.78 is 12.3. The minimum Gasteiger partial charge on any atom is -0.497 e. The van der Waals surface area contributed by atoms with E-state index >= 15 is 0 Å². The molecule has 5 rings (SSSR count). The number of rotatable bonds is 3. The van der Waals surface area contributed by atoms with Gasteiger partial charge in [0.25, 0.3) is 0 Å². The number of ether oxygens (including phenoxy) is 2. The van der Waals surface area contributed by atoms with Gasteiger partial charge in [-0.25, -0.2) is 4.98 Å². The number of benzene rings is 2. The van der Waals surface area contributed by atoms with E-state index < -0.39 is 0 Å². The Morgan fingerprint density at radius 3 is 2.46 bits per heavy atom. The molecule has 0 saturated carbocycles. The van der Waals surface area contributed by atoms with Gasteiger partial charge in [0.15, 0.2) is 5.82 Å². The molecule has 0 spiro atoms. The van der Waals surface area contributed by atoms with Crippen LogP contribution in [0, 0.1) is 0 Å². The summed E-state index contributed by atoms with van der Waals surface area (Å²) in [5.41, 5.74) is 2.73. The highest BCUT2D eigenvalue weighted by atomic mass is 32.2. The SMILES string of the molecule is COc1ccc(-c2nnc3n2N=Cc2cc4cc(OC)ccc4nc2S3)cc1. The summed E-state index contributed by atoms with van der Waals surface area (Å²) >= 11 is 1.45. The van der Waals surface area contributed by atoms with E-state index in [1.807, 2.05) is 42.5 Å². The molecular weight excluding hydrogens is 374 g/mol. The molecule has 3 heterocycles. The van der Waals surface area contributed by atoms with Gasteiger partial charge in [0.1, 0.15) is 16.5 Å². The van der Waals surface area contributed by atoms with Crippen molar-refractivity contribution in [3.63, 3.8) is 0 Å². The number of nitrogens with zero attached hydrogens (tertiary/aromatic N) is 5. The van der Waals surface area contributed by atoms with Gasteiger partial charge >= 0.3 is 0 Å². The lowest BCUT2D eigenvalue weighted by Gasteiger charge is -2.06. The van der Waals surface area contributed by atoms with Crippen molar-refractivity contribution >= 4 is 28.9 Å². The predicted molar refractivity (Wildman–Crippen MR) is 107 cm³/mol. The van der Waals surface area contributed by atoms with Gasteiger partial charge in [-0.3, -0.25) is 0 Å². The maximum atomic E-state index is 5.31. The lowest BCUT2D eigenvalue weighted by Crippen LogP contribution is -1.94. The molecule has 8 heteroatoms. The van der Waals surface area contributed by atoms with Crippen molar-refractivity contribution in [3.05, 3.63) is 54.1 Å². The highest BCUT2D eigenvalue weighted by Crippen LogP contribution is 2.34. The number of fused-ring (bicyclic) bond motifs is 3. The minimum atomic E-state index is 0.667. The topological polar surface area (TPSA) is 74.4 Å². The van der Waals surface area contributed by atoms with Crippen molar-refractivity contribution in [1.29, 1.82) is 0 Å². The normalized spacial score (nSPS) is 12.4. The van der Waals surface area contributed by atoms with Crippen LogP contribution in [-0.2, 0) is 0 Å². The molecule has 0 bridgehead atoms. The Labute approximate surface area is 165 Å².